The van der Waals surface area contributed by atoms with Gasteiger partial charge in [-0.3, -0.25) is 0 Å². The van der Waals surface area contributed by atoms with Gasteiger partial charge >= 0.3 is 0 Å². The Hall–Kier alpha value is -1.36. The van der Waals surface area contributed by atoms with E-state index < -0.39 is 0 Å². The Morgan fingerprint density at radius 1 is 1.35 bits per heavy atom. The van der Waals surface area contributed by atoms with E-state index in [0.29, 0.717) is 11.8 Å². The molecule has 88 valence electrons. The maximum Gasteiger partial charge on any atom is 0.251 e. The SMILES string of the molecule is COc1ccc(Br)cc1-c1nnc(C2CC2)o1. The van der Waals surface area contributed by atoms with Gasteiger partial charge in [-0.15, -0.1) is 10.2 Å². The maximum absolute atomic E-state index is 5.67. The van der Waals surface area contributed by atoms with E-state index in [2.05, 4.69) is 26.1 Å². The van der Waals surface area contributed by atoms with Gasteiger partial charge < -0.3 is 9.15 Å². The summed E-state index contributed by atoms with van der Waals surface area (Å²) in [6.07, 6.45) is 2.30. The van der Waals surface area contributed by atoms with Crippen molar-refractivity contribution in [3.63, 3.8) is 0 Å². The molecule has 3 rings (SSSR count). The minimum absolute atomic E-state index is 0.467. The molecule has 1 aromatic heterocycles. The Bertz CT molecular complexity index is 549. The molecule has 1 aliphatic rings. The van der Waals surface area contributed by atoms with Crippen LogP contribution in [0.15, 0.2) is 27.1 Å². The van der Waals surface area contributed by atoms with Crippen molar-refractivity contribution in [1.82, 2.24) is 10.2 Å². The summed E-state index contributed by atoms with van der Waals surface area (Å²) >= 11 is 3.43. The molecule has 1 saturated carbocycles. The van der Waals surface area contributed by atoms with Gasteiger partial charge in [0.15, 0.2) is 0 Å². The van der Waals surface area contributed by atoms with Gasteiger partial charge in [0.1, 0.15) is 5.75 Å². The smallest absolute Gasteiger partial charge is 0.251 e. The number of hydrogen-bond donors (Lipinski definition) is 0. The molecule has 17 heavy (non-hydrogen) atoms. The molecule has 1 fully saturated rings. The Labute approximate surface area is 107 Å². The summed E-state index contributed by atoms with van der Waals surface area (Å²) in [6.45, 7) is 0. The van der Waals surface area contributed by atoms with Crippen LogP contribution in [0.3, 0.4) is 0 Å². The van der Waals surface area contributed by atoms with Gasteiger partial charge in [-0.1, -0.05) is 15.9 Å². The predicted octanol–water partition coefficient (Wildman–Crippen LogP) is 3.39. The molecule has 0 atom stereocenters. The van der Waals surface area contributed by atoms with Crippen LogP contribution in [0.2, 0.25) is 0 Å². The second-order valence-electron chi connectivity index (χ2n) is 4.06. The first-order chi connectivity index (χ1) is 8.28. The van der Waals surface area contributed by atoms with E-state index in [0.717, 1.165) is 34.5 Å². The molecule has 0 N–H and O–H groups in total. The number of ether oxygens (including phenoxy) is 1. The molecule has 5 heteroatoms. The van der Waals surface area contributed by atoms with Crippen molar-refractivity contribution >= 4 is 15.9 Å². The quantitative estimate of drug-likeness (QED) is 0.871. The van der Waals surface area contributed by atoms with Crippen LogP contribution in [-0.2, 0) is 0 Å². The van der Waals surface area contributed by atoms with Crippen LogP contribution in [0.4, 0.5) is 0 Å². The Kier molecular flexibility index (Phi) is 2.63. The minimum Gasteiger partial charge on any atom is -0.496 e. The fraction of sp³-hybridized carbons (Fsp3) is 0.333. The van der Waals surface area contributed by atoms with E-state index in [1.54, 1.807) is 7.11 Å². The summed E-state index contributed by atoms with van der Waals surface area (Å²) in [4.78, 5) is 0. The van der Waals surface area contributed by atoms with Crippen LogP contribution in [0.1, 0.15) is 24.7 Å². The van der Waals surface area contributed by atoms with Crippen LogP contribution in [0.25, 0.3) is 11.5 Å². The molecular weight excluding hydrogens is 284 g/mol. The summed E-state index contributed by atoms with van der Waals surface area (Å²) in [5, 5.41) is 8.15. The topological polar surface area (TPSA) is 48.2 Å². The molecule has 1 aliphatic carbocycles. The summed E-state index contributed by atoms with van der Waals surface area (Å²) in [5.74, 6) is 2.46. The summed E-state index contributed by atoms with van der Waals surface area (Å²) in [5.41, 5.74) is 0.821. The van der Waals surface area contributed by atoms with Gasteiger partial charge in [0, 0.05) is 10.4 Å². The van der Waals surface area contributed by atoms with Crippen molar-refractivity contribution < 1.29 is 9.15 Å². The van der Waals surface area contributed by atoms with E-state index >= 15 is 0 Å². The largest absolute Gasteiger partial charge is 0.496 e. The molecule has 0 aliphatic heterocycles. The van der Waals surface area contributed by atoms with Gasteiger partial charge in [0.05, 0.1) is 12.7 Å². The standard InChI is InChI=1S/C12H11BrN2O2/c1-16-10-5-4-8(13)6-9(10)12-15-14-11(17-12)7-2-3-7/h4-7H,2-3H2,1H3. The van der Waals surface area contributed by atoms with Crippen molar-refractivity contribution in [1.29, 1.82) is 0 Å². The zero-order valence-electron chi connectivity index (χ0n) is 9.31. The third-order valence-electron chi connectivity index (χ3n) is 2.76. The first kappa shape index (κ1) is 10.8. The fourth-order valence-electron chi connectivity index (χ4n) is 1.69. The highest BCUT2D eigenvalue weighted by atomic mass is 79.9. The third-order valence-corrected chi connectivity index (χ3v) is 3.25. The van der Waals surface area contributed by atoms with E-state index in [1.807, 2.05) is 18.2 Å². The minimum atomic E-state index is 0.467. The van der Waals surface area contributed by atoms with Gasteiger partial charge in [0.25, 0.3) is 5.89 Å². The van der Waals surface area contributed by atoms with E-state index in [9.17, 15) is 0 Å². The highest BCUT2D eigenvalue weighted by Crippen LogP contribution is 2.41. The fourth-order valence-corrected chi connectivity index (χ4v) is 2.05. The van der Waals surface area contributed by atoms with Gasteiger partial charge in [-0.05, 0) is 31.0 Å². The Morgan fingerprint density at radius 2 is 2.18 bits per heavy atom. The lowest BCUT2D eigenvalue weighted by molar-refractivity contribution is 0.413. The third kappa shape index (κ3) is 2.07. The van der Waals surface area contributed by atoms with E-state index in [-0.39, 0.29) is 0 Å². The van der Waals surface area contributed by atoms with Gasteiger partial charge in [-0.2, -0.15) is 0 Å². The molecule has 2 aromatic rings. The molecule has 0 radical (unpaired) electrons. The first-order valence-corrected chi connectivity index (χ1v) is 6.24. The zero-order chi connectivity index (χ0) is 11.8. The molecule has 0 saturated heterocycles. The van der Waals surface area contributed by atoms with Crippen molar-refractivity contribution in [2.45, 2.75) is 18.8 Å². The van der Waals surface area contributed by atoms with E-state index in [1.165, 1.54) is 0 Å². The van der Waals surface area contributed by atoms with Crippen LogP contribution < -0.4 is 4.74 Å². The van der Waals surface area contributed by atoms with E-state index in [4.69, 9.17) is 9.15 Å². The van der Waals surface area contributed by atoms with Crippen LogP contribution >= 0.6 is 15.9 Å². The molecular formula is C12H11BrN2O2. The molecule has 1 aromatic carbocycles. The normalized spacial score (nSPS) is 14.9. The number of methoxy groups -OCH3 is 1. The maximum atomic E-state index is 5.67. The molecule has 4 nitrogen and oxygen atoms in total. The summed E-state index contributed by atoms with van der Waals surface area (Å²) in [7, 11) is 1.63. The number of benzene rings is 1. The van der Waals surface area contributed by atoms with Gasteiger partial charge in [0.2, 0.25) is 5.89 Å². The first-order valence-electron chi connectivity index (χ1n) is 5.45. The monoisotopic (exact) mass is 294 g/mol. The number of rotatable bonds is 3. The Balaban J connectivity index is 2.03. The van der Waals surface area contributed by atoms with Crippen molar-refractivity contribution in [2.24, 2.45) is 0 Å². The lowest BCUT2D eigenvalue weighted by Crippen LogP contribution is -1.88. The summed E-state index contributed by atoms with van der Waals surface area (Å²) < 4.78 is 11.9. The average Bonchev–Trinajstić information content (AvgIpc) is 3.07. The second-order valence-corrected chi connectivity index (χ2v) is 4.98. The molecule has 0 unspecified atom stereocenters. The highest BCUT2D eigenvalue weighted by molar-refractivity contribution is 9.10. The average molecular weight is 295 g/mol. The van der Waals surface area contributed by atoms with Crippen molar-refractivity contribution in [3.8, 4) is 17.2 Å². The number of halogens is 1. The molecule has 0 bridgehead atoms. The Morgan fingerprint density at radius 3 is 2.88 bits per heavy atom. The number of nitrogens with zero attached hydrogens (tertiary/aromatic N) is 2. The number of hydrogen-bond acceptors (Lipinski definition) is 4. The van der Waals surface area contributed by atoms with Crippen LogP contribution in [0, 0.1) is 0 Å². The number of aromatic nitrogens is 2. The van der Waals surface area contributed by atoms with Crippen LogP contribution in [0.5, 0.6) is 5.75 Å². The van der Waals surface area contributed by atoms with Crippen LogP contribution in [-0.4, -0.2) is 17.3 Å². The van der Waals surface area contributed by atoms with Gasteiger partial charge in [-0.25, -0.2) is 0 Å². The lowest BCUT2D eigenvalue weighted by Gasteiger charge is -2.04. The zero-order valence-corrected chi connectivity index (χ0v) is 10.9. The van der Waals surface area contributed by atoms with Crippen molar-refractivity contribution in [3.05, 3.63) is 28.6 Å². The lowest BCUT2D eigenvalue weighted by atomic mass is 10.2. The predicted molar refractivity (Wildman–Crippen MR) is 66.0 cm³/mol. The molecule has 1 heterocycles. The van der Waals surface area contributed by atoms with Crippen molar-refractivity contribution in [2.75, 3.05) is 7.11 Å². The molecule has 0 spiro atoms. The molecule has 0 amide bonds. The highest BCUT2D eigenvalue weighted by Gasteiger charge is 2.29. The summed E-state index contributed by atoms with van der Waals surface area (Å²) in [6, 6.07) is 5.71. The second kappa shape index (κ2) is 4.14.